The molecule has 11 aromatic carbocycles. The van der Waals surface area contributed by atoms with Crippen molar-refractivity contribution < 1.29 is 0 Å². The molecule has 1 heterocycles. The van der Waals surface area contributed by atoms with Gasteiger partial charge in [0.1, 0.15) is 0 Å². The molecule has 1 unspecified atom stereocenters. The molecule has 0 aliphatic heterocycles. The van der Waals surface area contributed by atoms with Gasteiger partial charge in [0.05, 0.1) is 11.1 Å². The molecule has 0 saturated heterocycles. The van der Waals surface area contributed by atoms with Crippen LogP contribution in [0.2, 0.25) is 0 Å². The predicted molar refractivity (Wildman–Crippen MR) is 296 cm³/mol. The first-order valence-electron chi connectivity index (χ1n) is 24.1. The Hall–Kier alpha value is -8.76. The van der Waals surface area contributed by atoms with Crippen molar-refractivity contribution in [2.75, 3.05) is 9.80 Å². The first-order chi connectivity index (χ1) is 34.7. The van der Waals surface area contributed by atoms with E-state index in [0.717, 1.165) is 34.1 Å². The first-order valence-corrected chi connectivity index (χ1v) is 24.9. The van der Waals surface area contributed by atoms with Gasteiger partial charge in [0, 0.05) is 54.2 Å². The zero-order chi connectivity index (χ0) is 46.2. The highest BCUT2D eigenvalue weighted by molar-refractivity contribution is 7.25. The third-order valence-electron chi connectivity index (χ3n) is 14.6. The fourth-order valence-corrected chi connectivity index (χ4v) is 12.8. The average molecular weight is 909 g/mol. The summed E-state index contributed by atoms with van der Waals surface area (Å²) in [6, 6.07) is 98.7. The lowest BCUT2D eigenvalue weighted by Gasteiger charge is -2.34. The van der Waals surface area contributed by atoms with E-state index in [2.05, 4.69) is 277 Å². The van der Waals surface area contributed by atoms with Gasteiger partial charge in [0.15, 0.2) is 0 Å². The maximum Gasteiger partial charge on any atom is 0.0727 e. The summed E-state index contributed by atoms with van der Waals surface area (Å²) in [7, 11) is 0. The van der Waals surface area contributed by atoms with E-state index < -0.39 is 5.41 Å². The van der Waals surface area contributed by atoms with Gasteiger partial charge in [0.2, 0.25) is 0 Å². The van der Waals surface area contributed by atoms with E-state index >= 15 is 0 Å². The van der Waals surface area contributed by atoms with Gasteiger partial charge in [-0.3, -0.25) is 0 Å². The van der Waals surface area contributed by atoms with E-state index in [1.54, 1.807) is 0 Å². The number of hydrogen-bond donors (Lipinski definition) is 0. The van der Waals surface area contributed by atoms with E-state index in [4.69, 9.17) is 0 Å². The molecule has 14 rings (SSSR count). The fraction of sp³-hybridized carbons (Fsp3) is 0.0149. The number of thiophene rings is 1. The van der Waals surface area contributed by atoms with E-state index in [-0.39, 0.29) is 0 Å². The van der Waals surface area contributed by atoms with Crippen molar-refractivity contribution in [3.8, 4) is 44.5 Å². The van der Waals surface area contributed by atoms with Crippen LogP contribution in [0.3, 0.4) is 0 Å². The molecular weight excluding hydrogens is 865 g/mol. The normalized spacial score (nSPS) is 14.1. The van der Waals surface area contributed by atoms with Crippen molar-refractivity contribution in [2.45, 2.75) is 5.41 Å². The van der Waals surface area contributed by atoms with Crippen LogP contribution in [0.25, 0.3) is 64.7 Å². The number of fused-ring (bicyclic) bond motifs is 13. The highest BCUT2D eigenvalue weighted by atomic mass is 32.1. The Labute approximate surface area is 412 Å². The van der Waals surface area contributed by atoms with Gasteiger partial charge in [0.25, 0.3) is 0 Å². The van der Waals surface area contributed by atoms with Crippen LogP contribution in [0.4, 0.5) is 34.1 Å². The molecule has 1 spiro atoms. The quantitative estimate of drug-likeness (QED) is 0.150. The largest absolute Gasteiger partial charge is 0.310 e. The molecule has 12 aromatic rings. The van der Waals surface area contributed by atoms with Gasteiger partial charge in [-0.15, -0.1) is 11.3 Å². The minimum atomic E-state index is -0.619. The summed E-state index contributed by atoms with van der Waals surface area (Å²) in [5, 5.41) is 2.63. The van der Waals surface area contributed by atoms with Crippen LogP contribution in [-0.4, -0.2) is 0 Å². The second kappa shape index (κ2) is 16.2. The van der Waals surface area contributed by atoms with Gasteiger partial charge in [-0.25, -0.2) is 0 Å². The van der Waals surface area contributed by atoms with E-state index in [0.29, 0.717) is 0 Å². The van der Waals surface area contributed by atoms with Crippen molar-refractivity contribution in [1.29, 1.82) is 0 Å². The average Bonchev–Trinajstić information content (AvgIpc) is 4.05. The molecule has 328 valence electrons. The smallest absolute Gasteiger partial charge is 0.0727 e. The van der Waals surface area contributed by atoms with E-state index in [9.17, 15) is 0 Å². The molecular formula is C67H44N2S. The number of para-hydroxylation sites is 2. The molecule has 70 heavy (non-hydrogen) atoms. The Kier molecular flexibility index (Phi) is 9.33. The number of benzene rings is 11. The number of nitrogens with zero attached hydrogens (tertiary/aromatic N) is 2. The zero-order valence-corrected chi connectivity index (χ0v) is 39.0. The monoisotopic (exact) mass is 908 g/mol. The lowest BCUT2D eigenvalue weighted by molar-refractivity contribution is 0.795. The number of hydrogen-bond acceptors (Lipinski definition) is 3. The summed E-state index contributed by atoms with van der Waals surface area (Å²) in [4.78, 5) is 4.94. The third kappa shape index (κ3) is 6.19. The molecule has 0 saturated carbocycles. The van der Waals surface area contributed by atoms with Gasteiger partial charge in [-0.1, -0.05) is 188 Å². The third-order valence-corrected chi connectivity index (χ3v) is 15.8. The maximum atomic E-state index is 2.54. The van der Waals surface area contributed by atoms with Crippen LogP contribution in [0.5, 0.6) is 0 Å². The number of rotatable bonds is 8. The van der Waals surface area contributed by atoms with Crippen molar-refractivity contribution in [1.82, 2.24) is 0 Å². The van der Waals surface area contributed by atoms with E-state index in [1.165, 1.54) is 86.9 Å². The van der Waals surface area contributed by atoms with Crippen LogP contribution in [0.15, 0.2) is 267 Å². The summed E-state index contributed by atoms with van der Waals surface area (Å²) >= 11 is 1.90. The molecule has 1 atom stereocenters. The van der Waals surface area contributed by atoms with E-state index in [1.807, 2.05) is 11.3 Å². The van der Waals surface area contributed by atoms with Gasteiger partial charge in [-0.05, 0) is 140 Å². The Morgan fingerprint density at radius 3 is 1.37 bits per heavy atom. The molecule has 3 heteroatoms. The second-order valence-electron chi connectivity index (χ2n) is 18.4. The zero-order valence-electron chi connectivity index (χ0n) is 38.2. The minimum absolute atomic E-state index is 0.619. The second-order valence-corrected chi connectivity index (χ2v) is 19.5. The van der Waals surface area contributed by atoms with Crippen LogP contribution in [0.1, 0.15) is 22.3 Å². The molecule has 0 N–H and O–H groups in total. The van der Waals surface area contributed by atoms with Crippen molar-refractivity contribution in [3.63, 3.8) is 0 Å². The van der Waals surface area contributed by atoms with Gasteiger partial charge >= 0.3 is 0 Å². The first kappa shape index (κ1) is 40.3. The molecule has 0 amide bonds. The molecule has 2 aliphatic carbocycles. The lowest BCUT2D eigenvalue weighted by atomic mass is 9.70. The summed E-state index contributed by atoms with van der Waals surface area (Å²) in [5.74, 6) is 0. The standard InChI is InChI=1S/C67H44N2S/c1-5-19-45(20-6-1)47-33-37-51(38-34-47)68(49-23-9-3-10-24-49)53-41-62-66(63(42-53)69(50-25-11-4-12-26-50)52-39-35-48(36-40-52)46-21-7-2-8-22-46)56-29-14-17-31-60(56)67(62)59-30-16-13-27-54(59)57-43-58-55-28-15-18-32-64(55)70-65(58)44-61(57)67/h1-44H. The molecule has 0 bridgehead atoms. The van der Waals surface area contributed by atoms with Crippen LogP contribution >= 0.6 is 11.3 Å². The topological polar surface area (TPSA) is 6.48 Å². The van der Waals surface area contributed by atoms with Crippen molar-refractivity contribution in [2.24, 2.45) is 0 Å². The van der Waals surface area contributed by atoms with Crippen LogP contribution < -0.4 is 9.80 Å². The highest BCUT2D eigenvalue weighted by Crippen LogP contribution is 2.66. The van der Waals surface area contributed by atoms with Gasteiger partial charge < -0.3 is 9.80 Å². The van der Waals surface area contributed by atoms with Crippen molar-refractivity contribution >= 4 is 65.6 Å². The fourth-order valence-electron chi connectivity index (χ4n) is 11.6. The molecule has 2 aliphatic rings. The Morgan fingerprint density at radius 1 is 0.271 bits per heavy atom. The summed E-state index contributed by atoms with van der Waals surface area (Å²) in [5.41, 5.74) is 21.0. The molecule has 1 aromatic heterocycles. The van der Waals surface area contributed by atoms with Crippen molar-refractivity contribution in [3.05, 3.63) is 289 Å². The summed E-state index contributed by atoms with van der Waals surface area (Å²) in [6.07, 6.45) is 0. The Bertz CT molecular complexity index is 3920. The SMILES string of the molecule is c1ccc(-c2ccc(N(c3ccccc3)c3cc(N(c4ccccc4)c4ccc(-c5ccccc5)cc4)c4c(c3)C3(c5ccccc5-c5cc6c(cc53)sc3ccccc36)c3ccccc3-4)cc2)cc1. The number of anilines is 6. The Balaban J connectivity index is 1.09. The summed E-state index contributed by atoms with van der Waals surface area (Å²) < 4.78 is 2.62. The highest BCUT2D eigenvalue weighted by Gasteiger charge is 2.53. The minimum Gasteiger partial charge on any atom is -0.310 e. The predicted octanol–water partition coefficient (Wildman–Crippen LogP) is 18.7. The van der Waals surface area contributed by atoms with Crippen LogP contribution in [-0.2, 0) is 5.41 Å². The lowest BCUT2D eigenvalue weighted by Crippen LogP contribution is -2.26. The van der Waals surface area contributed by atoms with Gasteiger partial charge in [-0.2, -0.15) is 0 Å². The molecule has 0 fully saturated rings. The molecule has 2 nitrogen and oxygen atoms in total. The molecule has 0 radical (unpaired) electrons. The Morgan fingerprint density at radius 2 is 0.743 bits per heavy atom. The summed E-state index contributed by atoms with van der Waals surface area (Å²) in [6.45, 7) is 0. The maximum absolute atomic E-state index is 2.54. The van der Waals surface area contributed by atoms with Crippen LogP contribution in [0, 0.1) is 0 Å².